The molecule has 0 amide bonds. The molecule has 0 radical (unpaired) electrons. The molecule has 3 nitrogen and oxygen atoms in total. The van der Waals surface area contributed by atoms with Gasteiger partial charge in [-0.3, -0.25) is 0 Å². The van der Waals surface area contributed by atoms with E-state index in [1.54, 1.807) is 0 Å². The first-order valence-corrected chi connectivity index (χ1v) is 5.33. The molecule has 1 heterocycles. The van der Waals surface area contributed by atoms with E-state index in [9.17, 15) is 0 Å². The van der Waals surface area contributed by atoms with Crippen LogP contribution in [0.4, 0.5) is 0 Å². The fraction of sp³-hybridized carbons (Fsp3) is 0.727. The SMILES string of the molecule is CC(C)(C)NCc1cnc(C2CC2)[nH]1. The van der Waals surface area contributed by atoms with E-state index in [-0.39, 0.29) is 5.54 Å². The third-order valence-corrected chi connectivity index (χ3v) is 2.42. The molecule has 0 aromatic carbocycles. The van der Waals surface area contributed by atoms with Crippen molar-refractivity contribution in [2.45, 2.75) is 51.6 Å². The summed E-state index contributed by atoms with van der Waals surface area (Å²) < 4.78 is 0. The van der Waals surface area contributed by atoms with Gasteiger partial charge in [0.25, 0.3) is 0 Å². The Morgan fingerprint density at radius 3 is 2.79 bits per heavy atom. The van der Waals surface area contributed by atoms with Crippen LogP contribution in [0.15, 0.2) is 6.20 Å². The molecule has 1 aromatic rings. The Hall–Kier alpha value is -0.830. The topological polar surface area (TPSA) is 40.7 Å². The average Bonchev–Trinajstić information content (AvgIpc) is 2.81. The molecule has 3 heteroatoms. The van der Waals surface area contributed by atoms with Crippen LogP contribution in [0.1, 0.15) is 51.0 Å². The van der Waals surface area contributed by atoms with Gasteiger partial charge in [-0.2, -0.15) is 0 Å². The molecule has 1 aromatic heterocycles. The first-order chi connectivity index (χ1) is 6.54. The molecule has 2 rings (SSSR count). The van der Waals surface area contributed by atoms with Crippen LogP contribution >= 0.6 is 0 Å². The van der Waals surface area contributed by atoms with Gasteiger partial charge in [0.15, 0.2) is 0 Å². The largest absolute Gasteiger partial charge is 0.345 e. The summed E-state index contributed by atoms with van der Waals surface area (Å²) in [5.74, 6) is 1.90. The standard InChI is InChI=1S/C11H19N3/c1-11(2,3)13-7-9-6-12-10(14-9)8-4-5-8/h6,8,13H,4-5,7H2,1-3H3,(H,12,14). The van der Waals surface area contributed by atoms with Gasteiger partial charge in [0, 0.05) is 29.9 Å². The Morgan fingerprint density at radius 1 is 1.50 bits per heavy atom. The Kier molecular flexibility index (Phi) is 2.35. The van der Waals surface area contributed by atoms with E-state index in [2.05, 4.69) is 36.1 Å². The summed E-state index contributed by atoms with van der Waals surface area (Å²) in [6.45, 7) is 7.39. The van der Waals surface area contributed by atoms with E-state index >= 15 is 0 Å². The predicted octanol–water partition coefficient (Wildman–Crippen LogP) is 2.18. The molecule has 0 atom stereocenters. The second kappa shape index (κ2) is 3.39. The van der Waals surface area contributed by atoms with Gasteiger partial charge in [-0.05, 0) is 33.6 Å². The summed E-state index contributed by atoms with van der Waals surface area (Å²) in [7, 11) is 0. The van der Waals surface area contributed by atoms with Crippen LogP contribution in [-0.4, -0.2) is 15.5 Å². The summed E-state index contributed by atoms with van der Waals surface area (Å²) in [5.41, 5.74) is 1.37. The second-order valence-electron chi connectivity index (χ2n) is 5.17. The zero-order valence-electron chi connectivity index (χ0n) is 9.22. The third-order valence-electron chi connectivity index (χ3n) is 2.42. The average molecular weight is 193 g/mol. The molecular weight excluding hydrogens is 174 g/mol. The summed E-state index contributed by atoms with van der Waals surface area (Å²) >= 11 is 0. The highest BCUT2D eigenvalue weighted by Gasteiger charge is 2.26. The minimum Gasteiger partial charge on any atom is -0.345 e. The third kappa shape index (κ3) is 2.58. The summed E-state index contributed by atoms with van der Waals surface area (Å²) in [6.07, 6.45) is 4.56. The number of hydrogen-bond acceptors (Lipinski definition) is 2. The van der Waals surface area contributed by atoms with Crippen molar-refractivity contribution in [1.29, 1.82) is 0 Å². The summed E-state index contributed by atoms with van der Waals surface area (Å²) in [4.78, 5) is 7.76. The van der Waals surface area contributed by atoms with Crippen LogP contribution in [0.3, 0.4) is 0 Å². The fourth-order valence-electron chi connectivity index (χ4n) is 1.39. The maximum Gasteiger partial charge on any atom is 0.109 e. The van der Waals surface area contributed by atoms with Crippen molar-refractivity contribution in [2.24, 2.45) is 0 Å². The van der Waals surface area contributed by atoms with Gasteiger partial charge < -0.3 is 10.3 Å². The van der Waals surface area contributed by atoms with Crippen LogP contribution in [0.25, 0.3) is 0 Å². The molecule has 14 heavy (non-hydrogen) atoms. The number of nitrogens with one attached hydrogen (secondary N) is 2. The highest BCUT2D eigenvalue weighted by molar-refractivity contribution is 5.10. The summed E-state index contributed by atoms with van der Waals surface area (Å²) in [6, 6.07) is 0. The van der Waals surface area contributed by atoms with Crippen LogP contribution in [-0.2, 0) is 6.54 Å². The smallest absolute Gasteiger partial charge is 0.109 e. The molecule has 78 valence electrons. The molecule has 0 bridgehead atoms. The molecule has 1 fully saturated rings. The molecule has 0 unspecified atom stereocenters. The molecule has 1 aliphatic carbocycles. The van der Waals surface area contributed by atoms with Crippen LogP contribution in [0.2, 0.25) is 0 Å². The molecule has 0 spiro atoms. The minimum absolute atomic E-state index is 0.171. The van der Waals surface area contributed by atoms with E-state index < -0.39 is 0 Å². The zero-order valence-corrected chi connectivity index (χ0v) is 9.22. The summed E-state index contributed by atoms with van der Waals surface area (Å²) in [5, 5.41) is 3.44. The number of H-pyrrole nitrogens is 1. The van der Waals surface area contributed by atoms with Crippen LogP contribution in [0.5, 0.6) is 0 Å². The van der Waals surface area contributed by atoms with Crippen molar-refractivity contribution in [2.75, 3.05) is 0 Å². The van der Waals surface area contributed by atoms with Gasteiger partial charge in [0.2, 0.25) is 0 Å². The number of aromatic amines is 1. The van der Waals surface area contributed by atoms with Gasteiger partial charge in [-0.25, -0.2) is 4.98 Å². The van der Waals surface area contributed by atoms with Crippen molar-refractivity contribution < 1.29 is 0 Å². The van der Waals surface area contributed by atoms with E-state index in [1.165, 1.54) is 24.4 Å². The molecule has 2 N–H and O–H groups in total. The van der Waals surface area contributed by atoms with Gasteiger partial charge in [-0.15, -0.1) is 0 Å². The van der Waals surface area contributed by atoms with E-state index in [4.69, 9.17) is 0 Å². The van der Waals surface area contributed by atoms with Crippen molar-refractivity contribution in [3.8, 4) is 0 Å². The quantitative estimate of drug-likeness (QED) is 0.772. The highest BCUT2D eigenvalue weighted by Crippen LogP contribution is 2.38. The lowest BCUT2D eigenvalue weighted by Gasteiger charge is -2.19. The number of imidazole rings is 1. The molecule has 1 aliphatic rings. The first kappa shape index (κ1) is 9.71. The number of aromatic nitrogens is 2. The Labute approximate surface area is 85.3 Å². The van der Waals surface area contributed by atoms with Crippen molar-refractivity contribution in [3.63, 3.8) is 0 Å². The normalized spacial score (nSPS) is 17.4. The highest BCUT2D eigenvalue weighted by atomic mass is 15.0. The number of nitrogens with zero attached hydrogens (tertiary/aromatic N) is 1. The second-order valence-corrected chi connectivity index (χ2v) is 5.17. The minimum atomic E-state index is 0.171. The Bertz CT molecular complexity index is 305. The van der Waals surface area contributed by atoms with Gasteiger partial charge in [0.05, 0.1) is 0 Å². The van der Waals surface area contributed by atoms with Crippen LogP contribution < -0.4 is 5.32 Å². The maximum absolute atomic E-state index is 4.38. The van der Waals surface area contributed by atoms with Crippen molar-refractivity contribution in [1.82, 2.24) is 15.3 Å². The predicted molar refractivity (Wildman–Crippen MR) is 57.2 cm³/mol. The monoisotopic (exact) mass is 193 g/mol. The van der Waals surface area contributed by atoms with Gasteiger partial charge >= 0.3 is 0 Å². The Morgan fingerprint density at radius 2 is 2.21 bits per heavy atom. The number of hydrogen-bond donors (Lipinski definition) is 2. The van der Waals surface area contributed by atoms with E-state index in [0.29, 0.717) is 0 Å². The number of rotatable bonds is 3. The van der Waals surface area contributed by atoms with Crippen LogP contribution in [0, 0.1) is 0 Å². The van der Waals surface area contributed by atoms with Gasteiger partial charge in [-0.1, -0.05) is 0 Å². The molecule has 0 saturated heterocycles. The lowest BCUT2D eigenvalue weighted by molar-refractivity contribution is 0.421. The maximum atomic E-state index is 4.38. The first-order valence-electron chi connectivity index (χ1n) is 5.33. The Balaban J connectivity index is 1.90. The fourth-order valence-corrected chi connectivity index (χ4v) is 1.39. The van der Waals surface area contributed by atoms with E-state index in [0.717, 1.165) is 12.5 Å². The van der Waals surface area contributed by atoms with E-state index in [1.807, 2.05) is 6.20 Å². The van der Waals surface area contributed by atoms with Crippen molar-refractivity contribution in [3.05, 3.63) is 17.7 Å². The molecular formula is C11H19N3. The van der Waals surface area contributed by atoms with Crippen molar-refractivity contribution >= 4 is 0 Å². The molecule has 0 aliphatic heterocycles. The molecule has 1 saturated carbocycles. The van der Waals surface area contributed by atoms with Gasteiger partial charge in [0.1, 0.15) is 5.82 Å². The lowest BCUT2D eigenvalue weighted by atomic mass is 10.1. The lowest BCUT2D eigenvalue weighted by Crippen LogP contribution is -2.35. The zero-order chi connectivity index (χ0) is 10.2.